The first-order valence-electron chi connectivity index (χ1n) is 13.3. The molecule has 0 aliphatic heterocycles. The molecule has 222 valence electrons. The van der Waals surface area contributed by atoms with Crippen LogP contribution < -0.4 is 4.74 Å². The molecule has 0 amide bonds. The Morgan fingerprint density at radius 2 is 1.29 bits per heavy atom. The van der Waals surface area contributed by atoms with Crippen LogP contribution in [0.1, 0.15) is 44.5 Å². The lowest BCUT2D eigenvalue weighted by Crippen LogP contribution is -2.17. The Hall–Kier alpha value is -7.87. The lowest BCUT2D eigenvalue weighted by molar-refractivity contribution is -0.274. The zero-order valence-electron chi connectivity index (χ0n) is 24.2. The minimum Gasteiger partial charge on any atom is -0.404 e. The molecule has 9 nitrogen and oxygen atoms in total. The highest BCUT2D eigenvalue weighted by molar-refractivity contribution is 6.29. The summed E-state index contributed by atoms with van der Waals surface area (Å²) in [6.45, 7) is 32.8. The highest BCUT2D eigenvalue weighted by Crippen LogP contribution is 2.55. The van der Waals surface area contributed by atoms with Gasteiger partial charge in [-0.05, 0) is 86.9 Å². The zero-order chi connectivity index (χ0) is 34.9. The van der Waals surface area contributed by atoms with Gasteiger partial charge in [0.1, 0.15) is 17.9 Å². The average molecular weight is 629 g/mol. The van der Waals surface area contributed by atoms with Crippen LogP contribution in [-0.2, 0) is 0 Å². The number of fused-ring (bicyclic) bond motifs is 2. The predicted molar refractivity (Wildman–Crippen MR) is 166 cm³/mol. The standard InChI is InChI=1S/C36H11F3N8O/c1-18-6-7-20(11-27(18)44-2)32-34(29(17-43)46-4)24-12-22-23(13-25(24)35(32)47-5)33(28(16-42)45-3)31(26(22)15-41)19-8-9-30(21(10-19)14-40)48-36(37,38)39/h6-13H,1H3/b33-28+,34-29-. The van der Waals surface area contributed by atoms with E-state index in [9.17, 15) is 34.2 Å². The van der Waals surface area contributed by atoms with Gasteiger partial charge in [0.2, 0.25) is 5.70 Å². The Morgan fingerprint density at radius 3 is 1.83 bits per heavy atom. The number of aryl methyl sites for hydroxylation is 1. The zero-order valence-corrected chi connectivity index (χ0v) is 24.2. The van der Waals surface area contributed by atoms with Gasteiger partial charge < -0.3 is 4.74 Å². The second-order valence-electron chi connectivity index (χ2n) is 10.0. The number of nitrogens with zero attached hydrogens (tertiary/aromatic N) is 8. The molecule has 0 fully saturated rings. The quantitative estimate of drug-likeness (QED) is 0.212. The summed E-state index contributed by atoms with van der Waals surface area (Å²) >= 11 is 0. The van der Waals surface area contributed by atoms with Gasteiger partial charge in [0.05, 0.1) is 49.6 Å². The van der Waals surface area contributed by atoms with Crippen molar-refractivity contribution in [3.8, 4) is 30.0 Å². The number of halogens is 3. The summed E-state index contributed by atoms with van der Waals surface area (Å²) in [5.41, 5.74) is 0.848. The highest BCUT2D eigenvalue weighted by Gasteiger charge is 2.38. The third kappa shape index (κ3) is 4.94. The summed E-state index contributed by atoms with van der Waals surface area (Å²) < 4.78 is 42.9. The molecule has 0 radical (unpaired) electrons. The molecular formula is C36H11F3N8O. The van der Waals surface area contributed by atoms with Crippen molar-refractivity contribution in [2.45, 2.75) is 13.3 Å². The average Bonchev–Trinajstić information content (AvgIpc) is 3.56. The molecule has 0 unspecified atom stereocenters. The molecule has 0 bridgehead atoms. The largest absolute Gasteiger partial charge is 0.573 e. The van der Waals surface area contributed by atoms with Crippen LogP contribution in [0.4, 0.5) is 18.9 Å². The van der Waals surface area contributed by atoms with E-state index in [1.807, 2.05) is 12.1 Å². The van der Waals surface area contributed by atoms with Crippen LogP contribution in [0.25, 0.3) is 52.9 Å². The van der Waals surface area contributed by atoms with Crippen molar-refractivity contribution >= 4 is 39.2 Å². The summed E-state index contributed by atoms with van der Waals surface area (Å²) in [4.78, 5) is 14.0. The second-order valence-corrected chi connectivity index (χ2v) is 10.0. The number of rotatable bonds is 3. The van der Waals surface area contributed by atoms with Gasteiger partial charge >= 0.3 is 6.36 Å². The van der Waals surface area contributed by atoms with E-state index >= 15 is 0 Å². The summed E-state index contributed by atoms with van der Waals surface area (Å²) in [5.74, 6) is -0.798. The van der Waals surface area contributed by atoms with E-state index in [2.05, 4.69) is 24.1 Å². The van der Waals surface area contributed by atoms with Gasteiger partial charge in [-0.25, -0.2) is 29.9 Å². The molecular weight excluding hydrogens is 617 g/mol. The maximum Gasteiger partial charge on any atom is 0.573 e. The SMILES string of the molecule is [C-]#[N+]C1=C(c2ccc(C)c([N+]#[C-])c2)/C(=C(/C#N)[N+]#[C-])c2cc3c(cc21)/C(=C(/C#N)[N+]#[C-])C(c1ccc(OC(F)(F)F)c(C#N)c1)=C3C#N. The van der Waals surface area contributed by atoms with Crippen LogP contribution >= 0.6 is 0 Å². The smallest absolute Gasteiger partial charge is 0.404 e. The van der Waals surface area contributed by atoms with Crippen molar-refractivity contribution in [3.05, 3.63) is 150 Å². The van der Waals surface area contributed by atoms with Crippen LogP contribution in [0.15, 0.2) is 59.9 Å². The number of benzene rings is 3. The Balaban J connectivity index is 1.88. The van der Waals surface area contributed by atoms with Gasteiger partial charge in [-0.1, -0.05) is 24.3 Å². The number of alkyl halides is 3. The minimum absolute atomic E-state index is 0.00651. The van der Waals surface area contributed by atoms with Gasteiger partial charge in [-0.2, -0.15) is 10.5 Å². The molecule has 3 aromatic carbocycles. The lowest BCUT2D eigenvalue weighted by Gasteiger charge is -2.13. The number of nitriles is 4. The first-order valence-corrected chi connectivity index (χ1v) is 13.3. The number of ether oxygens (including phenoxy) is 1. The molecule has 0 atom stereocenters. The highest BCUT2D eigenvalue weighted by atomic mass is 19.4. The monoisotopic (exact) mass is 628 g/mol. The summed E-state index contributed by atoms with van der Waals surface area (Å²) in [6.07, 6.45) is -5.10. The Morgan fingerprint density at radius 1 is 0.708 bits per heavy atom. The first-order chi connectivity index (χ1) is 23.0. The molecule has 12 heteroatoms. The van der Waals surface area contributed by atoms with Gasteiger partial charge in [0.15, 0.2) is 5.69 Å². The lowest BCUT2D eigenvalue weighted by atomic mass is 9.91. The van der Waals surface area contributed by atoms with Crippen molar-refractivity contribution in [3.63, 3.8) is 0 Å². The van der Waals surface area contributed by atoms with Gasteiger partial charge in [-0.3, -0.25) is 0 Å². The van der Waals surface area contributed by atoms with E-state index in [1.165, 1.54) is 18.2 Å². The fraction of sp³-hybridized carbons (Fsp3) is 0.0556. The van der Waals surface area contributed by atoms with Crippen molar-refractivity contribution < 1.29 is 17.9 Å². The van der Waals surface area contributed by atoms with Crippen LogP contribution in [0.2, 0.25) is 0 Å². The van der Waals surface area contributed by atoms with Gasteiger partial charge in [-0.15, -0.1) is 13.2 Å². The van der Waals surface area contributed by atoms with E-state index in [0.717, 1.165) is 18.2 Å². The second kappa shape index (κ2) is 11.9. The molecule has 0 aromatic heterocycles. The van der Waals surface area contributed by atoms with Gasteiger partial charge in [0, 0.05) is 5.57 Å². The summed E-state index contributed by atoms with van der Waals surface area (Å²) in [7, 11) is 0. The molecule has 0 saturated heterocycles. The Bertz CT molecular complexity index is 2480. The predicted octanol–water partition coefficient (Wildman–Crippen LogP) is 8.87. The molecule has 48 heavy (non-hydrogen) atoms. The summed E-state index contributed by atoms with van der Waals surface area (Å²) in [6, 6.07) is 18.2. The van der Waals surface area contributed by atoms with Crippen molar-refractivity contribution in [2.75, 3.05) is 0 Å². The van der Waals surface area contributed by atoms with E-state index in [1.54, 1.807) is 31.2 Å². The molecule has 0 saturated carbocycles. The van der Waals surface area contributed by atoms with Crippen LogP contribution in [-0.4, -0.2) is 6.36 Å². The first kappa shape index (κ1) is 31.6. The van der Waals surface area contributed by atoms with Crippen LogP contribution in [0.3, 0.4) is 0 Å². The van der Waals surface area contributed by atoms with E-state index in [0.29, 0.717) is 11.1 Å². The fourth-order valence-electron chi connectivity index (χ4n) is 5.64. The number of hydrogen-bond donors (Lipinski definition) is 0. The van der Waals surface area contributed by atoms with Gasteiger partial charge in [0.25, 0.3) is 11.4 Å². The van der Waals surface area contributed by atoms with E-state index in [-0.39, 0.29) is 72.8 Å². The molecule has 0 N–H and O–H groups in total. The maximum absolute atomic E-state index is 13.0. The molecule has 5 rings (SSSR count). The van der Waals surface area contributed by atoms with E-state index < -0.39 is 23.4 Å². The molecule has 0 spiro atoms. The third-order valence-corrected chi connectivity index (χ3v) is 7.57. The van der Waals surface area contributed by atoms with Crippen molar-refractivity contribution in [1.82, 2.24) is 0 Å². The molecule has 0 heterocycles. The number of allylic oxidation sites excluding steroid dienone is 7. The normalized spacial score (nSPS) is 14.8. The maximum atomic E-state index is 13.0. The van der Waals surface area contributed by atoms with Crippen molar-refractivity contribution in [1.29, 1.82) is 21.0 Å². The third-order valence-electron chi connectivity index (χ3n) is 7.57. The van der Waals surface area contributed by atoms with Crippen LogP contribution in [0.5, 0.6) is 5.75 Å². The van der Waals surface area contributed by atoms with Crippen molar-refractivity contribution in [2.24, 2.45) is 0 Å². The summed E-state index contributed by atoms with van der Waals surface area (Å²) in [5, 5.41) is 40.0. The fourth-order valence-corrected chi connectivity index (χ4v) is 5.64. The molecule has 2 aliphatic rings. The number of hydrogen-bond acceptors (Lipinski definition) is 5. The molecule has 3 aromatic rings. The molecule has 2 aliphatic carbocycles. The Kier molecular flexibility index (Phi) is 7.83. The topological polar surface area (TPSA) is 122 Å². The van der Waals surface area contributed by atoms with E-state index in [4.69, 9.17) is 26.3 Å². The van der Waals surface area contributed by atoms with Crippen LogP contribution in [0, 0.1) is 78.5 Å². The Labute approximate surface area is 271 Å². The minimum atomic E-state index is -5.10.